The van der Waals surface area contributed by atoms with Gasteiger partial charge in [-0.25, -0.2) is 4.68 Å². The lowest BCUT2D eigenvalue weighted by Gasteiger charge is -2.25. The molecule has 1 aliphatic rings. The number of ether oxygens (including phenoxy) is 2. The maximum Gasteiger partial charge on any atom is 0.226 e. The van der Waals surface area contributed by atoms with Gasteiger partial charge in [-0.15, -0.1) is 0 Å². The van der Waals surface area contributed by atoms with Crippen LogP contribution in [0.3, 0.4) is 0 Å². The molecule has 0 radical (unpaired) electrons. The summed E-state index contributed by atoms with van der Waals surface area (Å²) in [6.07, 6.45) is 2.04. The number of aromatic hydroxyl groups is 1. The van der Waals surface area contributed by atoms with Crippen LogP contribution in [0.1, 0.15) is 34.6 Å². The Morgan fingerprint density at radius 3 is 2.41 bits per heavy atom. The smallest absolute Gasteiger partial charge is 0.226 e. The largest absolute Gasteiger partial charge is 0.502 e. The van der Waals surface area contributed by atoms with Crippen LogP contribution in [0.5, 0.6) is 17.2 Å². The fourth-order valence-corrected chi connectivity index (χ4v) is 3.69. The summed E-state index contributed by atoms with van der Waals surface area (Å²) in [4.78, 5) is 12.5. The van der Waals surface area contributed by atoms with E-state index in [1.807, 2.05) is 25.1 Å². The standard InChI is InChI=1S/C22H23N3O4/c1-12-5-6-15(7-13(12)2)25-22-17(11-23-25)16(10-20(26)24-22)14-8-18(28-3)21(27)19(9-14)29-4/h5-9,11,16,27H,10H2,1-4H3,(H,24,26). The molecule has 1 amide bonds. The molecular weight excluding hydrogens is 370 g/mol. The Bertz CT molecular complexity index is 1080. The molecule has 1 aliphatic heterocycles. The van der Waals surface area contributed by atoms with E-state index >= 15 is 0 Å². The molecule has 4 rings (SSSR count). The number of nitrogens with zero attached hydrogens (tertiary/aromatic N) is 2. The van der Waals surface area contributed by atoms with Gasteiger partial charge in [0, 0.05) is 17.9 Å². The summed E-state index contributed by atoms with van der Waals surface area (Å²) in [6.45, 7) is 4.10. The Balaban J connectivity index is 1.83. The van der Waals surface area contributed by atoms with Crippen LogP contribution in [0, 0.1) is 13.8 Å². The number of hydrogen-bond acceptors (Lipinski definition) is 5. The highest BCUT2D eigenvalue weighted by atomic mass is 16.5. The summed E-state index contributed by atoms with van der Waals surface area (Å²) in [5, 5.41) is 17.7. The molecule has 0 fully saturated rings. The van der Waals surface area contributed by atoms with E-state index in [2.05, 4.69) is 17.3 Å². The van der Waals surface area contributed by atoms with Crippen LogP contribution in [0.4, 0.5) is 5.82 Å². The highest BCUT2D eigenvalue weighted by Crippen LogP contribution is 2.44. The van der Waals surface area contributed by atoms with E-state index in [9.17, 15) is 9.90 Å². The highest BCUT2D eigenvalue weighted by molar-refractivity contribution is 5.94. The Morgan fingerprint density at radius 2 is 1.79 bits per heavy atom. The first kappa shape index (κ1) is 18.9. The average Bonchev–Trinajstić information content (AvgIpc) is 3.13. The van der Waals surface area contributed by atoms with E-state index in [1.54, 1.807) is 23.0 Å². The molecule has 0 aliphatic carbocycles. The van der Waals surface area contributed by atoms with Crippen LogP contribution in [0.15, 0.2) is 36.5 Å². The van der Waals surface area contributed by atoms with Crippen LogP contribution in [0.2, 0.25) is 0 Å². The average molecular weight is 393 g/mol. The van der Waals surface area contributed by atoms with Crippen molar-refractivity contribution in [3.63, 3.8) is 0 Å². The van der Waals surface area contributed by atoms with Crippen molar-refractivity contribution >= 4 is 11.7 Å². The zero-order valence-electron chi connectivity index (χ0n) is 16.8. The fourth-order valence-electron chi connectivity index (χ4n) is 3.69. The Labute approximate surface area is 168 Å². The van der Waals surface area contributed by atoms with Crippen LogP contribution in [-0.2, 0) is 4.79 Å². The molecular formula is C22H23N3O4. The van der Waals surface area contributed by atoms with E-state index in [0.29, 0.717) is 17.3 Å². The molecule has 0 spiro atoms. The molecule has 7 nitrogen and oxygen atoms in total. The SMILES string of the molecule is COc1cc(C2CC(=O)Nc3c2cnn3-c2ccc(C)c(C)c2)cc(OC)c1O. The molecule has 0 bridgehead atoms. The third kappa shape index (κ3) is 3.18. The number of rotatable bonds is 4. The summed E-state index contributed by atoms with van der Waals surface area (Å²) in [5.41, 5.74) is 4.94. The quantitative estimate of drug-likeness (QED) is 0.706. The van der Waals surface area contributed by atoms with E-state index in [-0.39, 0.29) is 24.0 Å². The van der Waals surface area contributed by atoms with Crippen molar-refractivity contribution < 1.29 is 19.4 Å². The van der Waals surface area contributed by atoms with Crippen molar-refractivity contribution in [2.75, 3.05) is 19.5 Å². The van der Waals surface area contributed by atoms with Crippen molar-refractivity contribution in [3.8, 4) is 22.9 Å². The van der Waals surface area contributed by atoms with Gasteiger partial charge in [-0.05, 0) is 54.8 Å². The zero-order valence-corrected chi connectivity index (χ0v) is 16.8. The minimum absolute atomic E-state index is 0.0648. The maximum atomic E-state index is 12.5. The molecule has 2 N–H and O–H groups in total. The number of aromatic nitrogens is 2. The molecule has 150 valence electrons. The number of benzene rings is 2. The minimum atomic E-state index is -0.234. The summed E-state index contributed by atoms with van der Waals surface area (Å²) in [6, 6.07) is 9.54. The van der Waals surface area contributed by atoms with E-state index in [1.165, 1.54) is 19.8 Å². The lowest BCUT2D eigenvalue weighted by atomic mass is 9.87. The van der Waals surface area contributed by atoms with Gasteiger partial charge in [0.1, 0.15) is 5.82 Å². The number of hydrogen-bond donors (Lipinski definition) is 2. The number of anilines is 1. The number of phenolic OH excluding ortho intramolecular Hbond substituents is 1. The molecule has 29 heavy (non-hydrogen) atoms. The lowest BCUT2D eigenvalue weighted by molar-refractivity contribution is -0.116. The summed E-state index contributed by atoms with van der Waals surface area (Å²) in [5.74, 6) is 0.856. The van der Waals surface area contributed by atoms with Crippen LogP contribution in [-0.4, -0.2) is 35.0 Å². The third-order valence-corrected chi connectivity index (χ3v) is 5.46. The maximum absolute atomic E-state index is 12.5. The van der Waals surface area contributed by atoms with Gasteiger partial charge in [0.2, 0.25) is 11.7 Å². The van der Waals surface area contributed by atoms with E-state index < -0.39 is 0 Å². The normalized spacial score (nSPS) is 15.6. The van der Waals surface area contributed by atoms with Crippen LogP contribution >= 0.6 is 0 Å². The monoisotopic (exact) mass is 393 g/mol. The molecule has 1 unspecified atom stereocenters. The van der Waals surface area contributed by atoms with Gasteiger partial charge in [0.05, 0.1) is 26.1 Å². The van der Waals surface area contributed by atoms with Crippen molar-refractivity contribution in [2.24, 2.45) is 0 Å². The number of carbonyl (C=O) groups is 1. The second kappa shape index (κ2) is 7.16. The van der Waals surface area contributed by atoms with E-state index in [4.69, 9.17) is 9.47 Å². The van der Waals surface area contributed by atoms with Crippen molar-refractivity contribution in [2.45, 2.75) is 26.2 Å². The number of amides is 1. The third-order valence-electron chi connectivity index (χ3n) is 5.46. The van der Waals surface area contributed by atoms with Crippen molar-refractivity contribution in [1.82, 2.24) is 9.78 Å². The Morgan fingerprint density at radius 1 is 1.10 bits per heavy atom. The topological polar surface area (TPSA) is 85.6 Å². The van der Waals surface area contributed by atoms with Crippen molar-refractivity contribution in [1.29, 1.82) is 0 Å². The number of carbonyl (C=O) groups excluding carboxylic acids is 1. The molecule has 2 aromatic carbocycles. The van der Waals surface area contributed by atoms with Gasteiger partial charge in [-0.3, -0.25) is 4.79 Å². The van der Waals surface area contributed by atoms with E-state index in [0.717, 1.165) is 22.4 Å². The molecule has 1 aromatic heterocycles. The summed E-state index contributed by atoms with van der Waals surface area (Å²) >= 11 is 0. The van der Waals surface area contributed by atoms with Gasteiger partial charge in [-0.2, -0.15) is 5.10 Å². The number of fused-ring (bicyclic) bond motifs is 1. The fraction of sp³-hybridized carbons (Fsp3) is 0.273. The summed E-state index contributed by atoms with van der Waals surface area (Å²) < 4.78 is 12.3. The first-order valence-corrected chi connectivity index (χ1v) is 9.33. The summed E-state index contributed by atoms with van der Waals surface area (Å²) in [7, 11) is 2.96. The second-order valence-corrected chi connectivity index (χ2v) is 7.21. The van der Waals surface area contributed by atoms with Gasteiger partial charge in [-0.1, -0.05) is 6.07 Å². The van der Waals surface area contributed by atoms with Gasteiger partial charge in [0.25, 0.3) is 0 Å². The number of phenols is 1. The zero-order chi connectivity index (χ0) is 20.7. The Hall–Kier alpha value is -3.48. The van der Waals surface area contributed by atoms with Crippen molar-refractivity contribution in [3.05, 3.63) is 58.8 Å². The molecule has 3 aromatic rings. The molecule has 2 heterocycles. The van der Waals surface area contributed by atoms with Crippen LogP contribution < -0.4 is 14.8 Å². The first-order chi connectivity index (χ1) is 13.9. The minimum Gasteiger partial charge on any atom is -0.502 e. The van der Waals surface area contributed by atoms with Gasteiger partial charge < -0.3 is 19.9 Å². The number of aryl methyl sites for hydroxylation is 2. The lowest BCUT2D eigenvalue weighted by Crippen LogP contribution is -2.24. The van der Waals surface area contributed by atoms with Gasteiger partial charge >= 0.3 is 0 Å². The molecule has 0 saturated heterocycles. The molecule has 1 atom stereocenters. The Kier molecular flexibility index (Phi) is 4.66. The first-order valence-electron chi connectivity index (χ1n) is 9.33. The van der Waals surface area contributed by atoms with Crippen LogP contribution in [0.25, 0.3) is 5.69 Å². The van der Waals surface area contributed by atoms with Gasteiger partial charge in [0.15, 0.2) is 11.5 Å². The predicted molar refractivity (Wildman–Crippen MR) is 109 cm³/mol. The predicted octanol–water partition coefficient (Wildman–Crippen LogP) is 3.69. The number of nitrogens with one attached hydrogen (secondary N) is 1. The number of methoxy groups -OCH3 is 2. The second-order valence-electron chi connectivity index (χ2n) is 7.21. The highest BCUT2D eigenvalue weighted by Gasteiger charge is 2.31. The molecule has 7 heteroatoms. The molecule has 0 saturated carbocycles.